The van der Waals surface area contributed by atoms with Crippen molar-refractivity contribution in [1.29, 1.82) is 0 Å². The number of nitrogens with zero attached hydrogens (tertiary/aromatic N) is 4. The molecular formula is C18H13F2N5. The van der Waals surface area contributed by atoms with Gasteiger partial charge in [-0.1, -0.05) is 24.3 Å². The van der Waals surface area contributed by atoms with Crippen molar-refractivity contribution in [3.05, 3.63) is 78.3 Å². The van der Waals surface area contributed by atoms with Crippen molar-refractivity contribution >= 4 is 16.9 Å². The summed E-state index contributed by atoms with van der Waals surface area (Å²) in [4.78, 5) is 8.44. The number of rotatable bonds is 4. The standard InChI is InChI=1S/C18H13F2N5/c19-13-5-3-6-14(8-13)25-18-15(10-24-25)17(22-11-23-18)21-9-12-4-1-2-7-16(12)20/h1-8,10-11H,9H2,(H,21,22,23). The zero-order chi connectivity index (χ0) is 17.2. The van der Waals surface area contributed by atoms with Crippen LogP contribution >= 0.6 is 0 Å². The predicted molar refractivity (Wildman–Crippen MR) is 90.3 cm³/mol. The van der Waals surface area contributed by atoms with Crippen LogP contribution in [-0.2, 0) is 6.54 Å². The van der Waals surface area contributed by atoms with E-state index in [1.54, 1.807) is 36.5 Å². The van der Waals surface area contributed by atoms with E-state index < -0.39 is 0 Å². The molecule has 5 nitrogen and oxygen atoms in total. The fourth-order valence-corrected chi connectivity index (χ4v) is 2.60. The molecule has 0 saturated heterocycles. The molecule has 1 N–H and O–H groups in total. The van der Waals surface area contributed by atoms with E-state index in [1.165, 1.54) is 29.2 Å². The first-order chi connectivity index (χ1) is 12.2. The lowest BCUT2D eigenvalue weighted by Gasteiger charge is -2.08. The quantitative estimate of drug-likeness (QED) is 0.617. The highest BCUT2D eigenvalue weighted by atomic mass is 19.1. The second-order valence-electron chi connectivity index (χ2n) is 5.44. The first kappa shape index (κ1) is 15.2. The topological polar surface area (TPSA) is 55.6 Å². The second-order valence-corrected chi connectivity index (χ2v) is 5.44. The van der Waals surface area contributed by atoms with Gasteiger partial charge in [0.05, 0.1) is 17.3 Å². The van der Waals surface area contributed by atoms with Gasteiger partial charge in [0, 0.05) is 12.1 Å². The molecule has 0 radical (unpaired) electrons. The molecule has 2 aromatic heterocycles. The predicted octanol–water partition coefficient (Wildman–Crippen LogP) is 3.71. The van der Waals surface area contributed by atoms with Crippen molar-refractivity contribution in [2.75, 3.05) is 5.32 Å². The van der Waals surface area contributed by atoms with Gasteiger partial charge in [-0.25, -0.2) is 23.4 Å². The average molecular weight is 337 g/mol. The molecule has 0 aliphatic carbocycles. The third kappa shape index (κ3) is 2.91. The van der Waals surface area contributed by atoms with Crippen LogP contribution in [0.3, 0.4) is 0 Å². The number of aromatic nitrogens is 4. The Morgan fingerprint density at radius 3 is 2.72 bits per heavy atom. The zero-order valence-corrected chi connectivity index (χ0v) is 13.0. The number of halogens is 2. The second kappa shape index (κ2) is 6.27. The molecule has 0 amide bonds. The molecule has 7 heteroatoms. The molecule has 0 fully saturated rings. The largest absolute Gasteiger partial charge is 0.365 e. The highest BCUT2D eigenvalue weighted by Crippen LogP contribution is 2.22. The van der Waals surface area contributed by atoms with Gasteiger partial charge in [0.2, 0.25) is 0 Å². The molecule has 0 atom stereocenters. The third-order valence-electron chi connectivity index (χ3n) is 3.82. The Morgan fingerprint density at radius 1 is 1.00 bits per heavy atom. The van der Waals surface area contributed by atoms with Gasteiger partial charge in [-0.3, -0.25) is 0 Å². The Hall–Kier alpha value is -3.35. The van der Waals surface area contributed by atoms with Crippen LogP contribution in [0, 0.1) is 11.6 Å². The highest BCUT2D eigenvalue weighted by molar-refractivity contribution is 5.87. The smallest absolute Gasteiger partial charge is 0.168 e. The van der Waals surface area contributed by atoms with Crippen LogP contribution in [0.2, 0.25) is 0 Å². The van der Waals surface area contributed by atoms with E-state index in [2.05, 4.69) is 20.4 Å². The fraction of sp³-hybridized carbons (Fsp3) is 0.0556. The Bertz CT molecular complexity index is 1040. The van der Waals surface area contributed by atoms with Crippen LogP contribution in [0.25, 0.3) is 16.7 Å². The lowest BCUT2D eigenvalue weighted by Crippen LogP contribution is -2.04. The minimum atomic E-state index is -0.354. The summed E-state index contributed by atoms with van der Waals surface area (Å²) in [6, 6.07) is 12.6. The maximum atomic E-state index is 13.7. The SMILES string of the molecule is Fc1cccc(-n2ncc3c(NCc4ccccc4F)ncnc32)c1. The molecule has 0 unspecified atom stereocenters. The number of hydrogen-bond donors (Lipinski definition) is 1. The molecular weight excluding hydrogens is 324 g/mol. The number of benzene rings is 2. The molecule has 0 saturated carbocycles. The maximum absolute atomic E-state index is 13.7. The van der Waals surface area contributed by atoms with Gasteiger partial charge in [-0.05, 0) is 24.3 Å². The van der Waals surface area contributed by atoms with Gasteiger partial charge in [0.15, 0.2) is 5.65 Å². The summed E-state index contributed by atoms with van der Waals surface area (Å²) in [7, 11) is 0. The molecule has 0 aliphatic rings. The van der Waals surface area contributed by atoms with Crippen LogP contribution in [0.5, 0.6) is 0 Å². The number of fused-ring (bicyclic) bond motifs is 1. The number of hydrogen-bond acceptors (Lipinski definition) is 4. The minimum Gasteiger partial charge on any atom is -0.365 e. The van der Waals surface area contributed by atoms with Crippen molar-refractivity contribution in [2.24, 2.45) is 0 Å². The van der Waals surface area contributed by atoms with Crippen molar-refractivity contribution in [3.63, 3.8) is 0 Å². The van der Waals surface area contributed by atoms with E-state index >= 15 is 0 Å². The van der Waals surface area contributed by atoms with E-state index in [1.807, 2.05) is 0 Å². The van der Waals surface area contributed by atoms with Crippen LogP contribution in [0.15, 0.2) is 61.1 Å². The van der Waals surface area contributed by atoms with Crippen molar-refractivity contribution in [2.45, 2.75) is 6.54 Å². The molecule has 4 rings (SSSR count). The van der Waals surface area contributed by atoms with Crippen LogP contribution in [-0.4, -0.2) is 19.7 Å². The molecule has 25 heavy (non-hydrogen) atoms. The average Bonchev–Trinajstić information content (AvgIpc) is 3.06. The van der Waals surface area contributed by atoms with Gasteiger partial charge >= 0.3 is 0 Å². The van der Waals surface area contributed by atoms with Crippen molar-refractivity contribution in [3.8, 4) is 5.69 Å². The van der Waals surface area contributed by atoms with E-state index in [-0.39, 0.29) is 18.2 Å². The summed E-state index contributed by atoms with van der Waals surface area (Å²) >= 11 is 0. The summed E-state index contributed by atoms with van der Waals surface area (Å²) in [5, 5.41) is 8.05. The molecule has 2 heterocycles. The van der Waals surface area contributed by atoms with Crippen molar-refractivity contribution < 1.29 is 8.78 Å². The number of anilines is 1. The molecule has 4 aromatic rings. The lowest BCUT2D eigenvalue weighted by molar-refractivity contribution is 0.613. The monoisotopic (exact) mass is 337 g/mol. The summed E-state index contributed by atoms with van der Waals surface area (Å²) in [5.74, 6) is -0.0974. The maximum Gasteiger partial charge on any atom is 0.168 e. The zero-order valence-electron chi connectivity index (χ0n) is 13.0. The molecule has 0 aliphatic heterocycles. The third-order valence-corrected chi connectivity index (χ3v) is 3.82. The Balaban J connectivity index is 1.68. The Kier molecular flexibility index (Phi) is 3.81. The van der Waals surface area contributed by atoms with E-state index in [9.17, 15) is 8.78 Å². The number of nitrogens with one attached hydrogen (secondary N) is 1. The van der Waals surface area contributed by atoms with Gasteiger partial charge in [0.1, 0.15) is 23.8 Å². The lowest BCUT2D eigenvalue weighted by atomic mass is 10.2. The summed E-state index contributed by atoms with van der Waals surface area (Å²) < 4.78 is 28.7. The molecule has 2 aromatic carbocycles. The van der Waals surface area contributed by atoms with Gasteiger partial charge in [-0.2, -0.15) is 5.10 Å². The highest BCUT2D eigenvalue weighted by Gasteiger charge is 2.12. The first-order valence-corrected chi connectivity index (χ1v) is 7.64. The van der Waals surface area contributed by atoms with E-state index in [0.717, 1.165) is 0 Å². The summed E-state index contributed by atoms with van der Waals surface area (Å²) in [5.41, 5.74) is 1.64. The normalized spacial score (nSPS) is 11.0. The summed E-state index contributed by atoms with van der Waals surface area (Å²) in [6.07, 6.45) is 2.99. The van der Waals surface area contributed by atoms with E-state index in [4.69, 9.17) is 0 Å². The fourth-order valence-electron chi connectivity index (χ4n) is 2.60. The van der Waals surface area contributed by atoms with Crippen LogP contribution in [0.1, 0.15) is 5.56 Å². The molecule has 124 valence electrons. The molecule has 0 bridgehead atoms. The van der Waals surface area contributed by atoms with Gasteiger partial charge in [-0.15, -0.1) is 0 Å². The Morgan fingerprint density at radius 2 is 1.88 bits per heavy atom. The van der Waals surface area contributed by atoms with Crippen LogP contribution < -0.4 is 5.32 Å². The first-order valence-electron chi connectivity index (χ1n) is 7.64. The van der Waals surface area contributed by atoms with Gasteiger partial charge < -0.3 is 5.32 Å². The summed E-state index contributed by atoms with van der Waals surface area (Å²) in [6.45, 7) is 0.282. The van der Waals surface area contributed by atoms with E-state index in [0.29, 0.717) is 28.1 Å². The minimum absolute atomic E-state index is 0.282. The Labute approximate surface area is 142 Å². The van der Waals surface area contributed by atoms with Crippen LogP contribution in [0.4, 0.5) is 14.6 Å². The van der Waals surface area contributed by atoms with Gasteiger partial charge in [0.25, 0.3) is 0 Å². The molecule has 0 spiro atoms. The van der Waals surface area contributed by atoms with Crippen molar-refractivity contribution in [1.82, 2.24) is 19.7 Å².